The van der Waals surface area contributed by atoms with Crippen LogP contribution in [0.2, 0.25) is 0 Å². The third-order valence-corrected chi connectivity index (χ3v) is 4.40. The number of ether oxygens (including phenoxy) is 1. The highest BCUT2D eigenvalue weighted by Crippen LogP contribution is 2.12. The van der Waals surface area contributed by atoms with Crippen LogP contribution in [0.25, 0.3) is 0 Å². The molecule has 8 nitrogen and oxygen atoms in total. The molecule has 1 aliphatic rings. The summed E-state index contributed by atoms with van der Waals surface area (Å²) in [4.78, 5) is 33.4. The van der Waals surface area contributed by atoms with E-state index in [1.165, 1.54) is 6.92 Å². The van der Waals surface area contributed by atoms with Crippen molar-refractivity contribution in [3.05, 3.63) is 0 Å². The standard InChI is InChI=1S/C9H14N2O6S/c1-6-9(14)10-7(12)5-11(6)18(15,16)4-3-8(13)17-2/h6H,3-5H2,1-2H3,(H,10,12,14). The number of carbonyl (C=O) groups excluding carboxylic acids is 3. The van der Waals surface area contributed by atoms with Crippen molar-refractivity contribution >= 4 is 27.8 Å². The topological polar surface area (TPSA) is 110 Å². The molecule has 2 amide bonds. The SMILES string of the molecule is COC(=O)CCS(=O)(=O)N1CC(=O)NC(=O)C1C. The third-order valence-electron chi connectivity index (χ3n) is 2.52. The van der Waals surface area contributed by atoms with Crippen LogP contribution >= 0.6 is 0 Å². The third kappa shape index (κ3) is 3.26. The lowest BCUT2D eigenvalue weighted by molar-refractivity contribution is -0.140. The van der Waals surface area contributed by atoms with Crippen molar-refractivity contribution in [3.8, 4) is 0 Å². The van der Waals surface area contributed by atoms with E-state index in [1.54, 1.807) is 0 Å². The molecule has 0 aliphatic carbocycles. The molecule has 1 unspecified atom stereocenters. The lowest BCUT2D eigenvalue weighted by atomic mass is 10.2. The Bertz CT molecular complexity index is 471. The zero-order chi connectivity index (χ0) is 13.9. The Hall–Kier alpha value is -1.48. The van der Waals surface area contributed by atoms with Crippen molar-refractivity contribution in [3.63, 3.8) is 0 Å². The molecule has 0 bridgehead atoms. The highest BCUT2D eigenvalue weighted by molar-refractivity contribution is 7.89. The van der Waals surface area contributed by atoms with Gasteiger partial charge in [0.25, 0.3) is 0 Å². The summed E-state index contributed by atoms with van der Waals surface area (Å²) in [5.41, 5.74) is 0. The average Bonchev–Trinajstić information content (AvgIpc) is 2.30. The molecule has 0 radical (unpaired) electrons. The zero-order valence-corrected chi connectivity index (χ0v) is 10.8. The van der Waals surface area contributed by atoms with Gasteiger partial charge in [-0.15, -0.1) is 0 Å². The van der Waals surface area contributed by atoms with Crippen molar-refractivity contribution in [1.29, 1.82) is 0 Å². The van der Waals surface area contributed by atoms with Crippen LogP contribution in [-0.2, 0) is 29.1 Å². The van der Waals surface area contributed by atoms with Gasteiger partial charge < -0.3 is 4.74 Å². The lowest BCUT2D eigenvalue weighted by Gasteiger charge is -2.30. The van der Waals surface area contributed by atoms with Crippen LogP contribution in [-0.4, -0.2) is 56.0 Å². The van der Waals surface area contributed by atoms with Crippen molar-refractivity contribution < 1.29 is 27.5 Å². The van der Waals surface area contributed by atoms with Crippen LogP contribution in [0.5, 0.6) is 0 Å². The Morgan fingerprint density at radius 2 is 2.11 bits per heavy atom. The Balaban J connectivity index is 2.80. The molecule has 0 aromatic carbocycles. The van der Waals surface area contributed by atoms with Gasteiger partial charge in [-0.2, -0.15) is 4.31 Å². The number of rotatable bonds is 4. The first-order valence-corrected chi connectivity index (χ1v) is 6.79. The summed E-state index contributed by atoms with van der Waals surface area (Å²) in [7, 11) is -2.70. The van der Waals surface area contributed by atoms with Crippen LogP contribution in [0.4, 0.5) is 0 Å². The fourth-order valence-electron chi connectivity index (χ4n) is 1.46. The molecule has 9 heteroatoms. The summed E-state index contributed by atoms with van der Waals surface area (Å²) in [6, 6.07) is -0.967. The second kappa shape index (κ2) is 5.44. The maximum absolute atomic E-state index is 11.9. The van der Waals surface area contributed by atoms with Gasteiger partial charge in [-0.05, 0) is 6.92 Å². The van der Waals surface area contributed by atoms with Gasteiger partial charge in [0.1, 0.15) is 6.04 Å². The minimum atomic E-state index is -3.85. The molecule has 1 rings (SSSR count). The minimum absolute atomic E-state index is 0.322. The molecule has 0 saturated carbocycles. The minimum Gasteiger partial charge on any atom is -0.469 e. The van der Waals surface area contributed by atoms with Gasteiger partial charge in [0.2, 0.25) is 21.8 Å². The van der Waals surface area contributed by atoms with Gasteiger partial charge in [0.15, 0.2) is 0 Å². The largest absolute Gasteiger partial charge is 0.469 e. The number of imide groups is 1. The van der Waals surface area contributed by atoms with E-state index in [0.717, 1.165) is 11.4 Å². The van der Waals surface area contributed by atoms with Crippen molar-refractivity contribution in [2.75, 3.05) is 19.4 Å². The van der Waals surface area contributed by atoms with Crippen LogP contribution in [0.1, 0.15) is 13.3 Å². The molecule has 1 saturated heterocycles. The molecule has 18 heavy (non-hydrogen) atoms. The maximum Gasteiger partial charge on any atom is 0.306 e. The van der Waals surface area contributed by atoms with Crippen LogP contribution in [0.3, 0.4) is 0 Å². The number of amides is 2. The summed E-state index contributed by atoms with van der Waals surface area (Å²) in [5, 5.41) is 2.03. The maximum atomic E-state index is 11.9. The van der Waals surface area contributed by atoms with Crippen molar-refractivity contribution in [2.45, 2.75) is 19.4 Å². The first-order chi connectivity index (χ1) is 8.27. The van der Waals surface area contributed by atoms with E-state index in [0.29, 0.717) is 0 Å². The van der Waals surface area contributed by atoms with Gasteiger partial charge in [-0.1, -0.05) is 0 Å². The average molecular weight is 278 g/mol. The fraction of sp³-hybridized carbons (Fsp3) is 0.667. The molecule has 1 fully saturated rings. The van der Waals surface area contributed by atoms with Gasteiger partial charge in [-0.25, -0.2) is 8.42 Å². The van der Waals surface area contributed by atoms with E-state index in [4.69, 9.17) is 0 Å². The second-order valence-electron chi connectivity index (χ2n) is 3.78. The number of nitrogens with one attached hydrogen (secondary N) is 1. The van der Waals surface area contributed by atoms with E-state index in [1.807, 2.05) is 5.32 Å². The monoisotopic (exact) mass is 278 g/mol. The molecule has 102 valence electrons. The second-order valence-corrected chi connectivity index (χ2v) is 5.82. The molecule has 1 N–H and O–H groups in total. The number of esters is 1. The van der Waals surface area contributed by atoms with Crippen molar-refractivity contribution in [2.24, 2.45) is 0 Å². The molecular formula is C9H14N2O6S. The van der Waals surface area contributed by atoms with E-state index in [2.05, 4.69) is 4.74 Å². The zero-order valence-electron chi connectivity index (χ0n) is 10.0. The van der Waals surface area contributed by atoms with E-state index >= 15 is 0 Å². The lowest BCUT2D eigenvalue weighted by Crippen LogP contribution is -2.58. The first-order valence-electron chi connectivity index (χ1n) is 5.18. The summed E-state index contributed by atoms with van der Waals surface area (Å²) < 4.78 is 28.9. The number of nitrogens with zero attached hydrogens (tertiary/aromatic N) is 1. The molecule has 0 aromatic heterocycles. The van der Waals surface area contributed by atoms with Gasteiger partial charge in [-0.3, -0.25) is 19.7 Å². The predicted molar refractivity (Wildman–Crippen MR) is 59.7 cm³/mol. The Labute approximate surface area is 104 Å². The Kier molecular flexibility index (Phi) is 4.41. The summed E-state index contributed by atoms with van der Waals surface area (Å²) in [6.07, 6.45) is -0.322. The highest BCUT2D eigenvalue weighted by atomic mass is 32.2. The number of sulfonamides is 1. The van der Waals surface area contributed by atoms with E-state index in [-0.39, 0.29) is 6.42 Å². The van der Waals surface area contributed by atoms with Crippen LogP contribution in [0.15, 0.2) is 0 Å². The summed E-state index contributed by atoms with van der Waals surface area (Å²) >= 11 is 0. The van der Waals surface area contributed by atoms with Gasteiger partial charge >= 0.3 is 5.97 Å². The quantitative estimate of drug-likeness (QED) is 0.481. The molecule has 1 aliphatic heterocycles. The highest BCUT2D eigenvalue weighted by Gasteiger charge is 2.37. The summed E-state index contributed by atoms with van der Waals surface area (Å²) in [6.45, 7) is 0.952. The van der Waals surface area contributed by atoms with E-state index < -0.39 is 46.1 Å². The predicted octanol–water partition coefficient (Wildman–Crippen LogP) is -1.77. The van der Waals surface area contributed by atoms with Crippen molar-refractivity contribution in [1.82, 2.24) is 9.62 Å². The first kappa shape index (κ1) is 14.6. The molecule has 1 heterocycles. The summed E-state index contributed by atoms with van der Waals surface area (Å²) in [5.74, 6) is -2.52. The van der Waals surface area contributed by atoms with Gasteiger partial charge in [0, 0.05) is 0 Å². The Morgan fingerprint density at radius 1 is 1.50 bits per heavy atom. The molecule has 0 spiro atoms. The van der Waals surface area contributed by atoms with Crippen LogP contribution in [0, 0.1) is 0 Å². The molecule has 1 atom stereocenters. The normalized spacial score (nSPS) is 21.6. The number of hydrogen-bond acceptors (Lipinski definition) is 6. The molecular weight excluding hydrogens is 264 g/mol. The van der Waals surface area contributed by atoms with E-state index in [9.17, 15) is 22.8 Å². The number of carbonyl (C=O) groups is 3. The Morgan fingerprint density at radius 3 is 2.67 bits per heavy atom. The smallest absolute Gasteiger partial charge is 0.306 e. The fourth-order valence-corrected chi connectivity index (χ4v) is 3.01. The molecule has 0 aromatic rings. The van der Waals surface area contributed by atoms with Gasteiger partial charge in [0.05, 0.1) is 25.8 Å². The number of methoxy groups -OCH3 is 1. The van der Waals surface area contributed by atoms with Crippen LogP contribution < -0.4 is 5.32 Å². The number of piperazine rings is 1. The number of hydrogen-bond donors (Lipinski definition) is 1.